The number of hydrogen-bond donors (Lipinski definition) is 1. The molecule has 0 saturated heterocycles. The number of aryl methyl sites for hydroxylation is 3. The minimum absolute atomic E-state index is 0.0810. The van der Waals surface area contributed by atoms with Crippen LogP contribution < -0.4 is 5.32 Å². The van der Waals surface area contributed by atoms with E-state index in [1.807, 2.05) is 51.1 Å². The number of amides is 1. The molecule has 0 aliphatic heterocycles. The molecule has 0 unspecified atom stereocenters. The van der Waals surface area contributed by atoms with Crippen LogP contribution in [0.15, 0.2) is 40.9 Å². The SMILES string of the molecule is Cc1cc(C)cc(C(=O)Nc2ccc(C)c(Br)c2)c1. The lowest BCUT2D eigenvalue weighted by atomic mass is 10.1. The second-order valence-corrected chi connectivity index (χ2v) is 5.65. The lowest BCUT2D eigenvalue weighted by Gasteiger charge is -2.08. The maximum absolute atomic E-state index is 12.2. The van der Waals surface area contributed by atoms with Crippen molar-refractivity contribution in [3.63, 3.8) is 0 Å². The molecule has 0 heterocycles. The molecule has 1 amide bonds. The lowest BCUT2D eigenvalue weighted by Crippen LogP contribution is -2.12. The Bertz CT molecular complexity index is 614. The van der Waals surface area contributed by atoms with Gasteiger partial charge in [0.2, 0.25) is 0 Å². The first-order chi connectivity index (χ1) is 8.95. The average molecular weight is 318 g/mol. The van der Waals surface area contributed by atoms with E-state index in [1.54, 1.807) is 0 Å². The molecule has 2 rings (SSSR count). The number of carbonyl (C=O) groups is 1. The molecule has 0 aliphatic rings. The Balaban J connectivity index is 2.22. The van der Waals surface area contributed by atoms with Crippen LogP contribution in [-0.2, 0) is 0 Å². The van der Waals surface area contributed by atoms with Gasteiger partial charge in [0, 0.05) is 15.7 Å². The van der Waals surface area contributed by atoms with Gasteiger partial charge in [0.1, 0.15) is 0 Å². The van der Waals surface area contributed by atoms with E-state index in [4.69, 9.17) is 0 Å². The third-order valence-corrected chi connectivity index (χ3v) is 3.77. The van der Waals surface area contributed by atoms with Crippen LogP contribution in [0.1, 0.15) is 27.0 Å². The molecule has 19 heavy (non-hydrogen) atoms. The predicted molar refractivity (Wildman–Crippen MR) is 82.7 cm³/mol. The molecule has 0 radical (unpaired) electrons. The van der Waals surface area contributed by atoms with E-state index in [0.717, 1.165) is 26.9 Å². The summed E-state index contributed by atoms with van der Waals surface area (Å²) < 4.78 is 0.991. The zero-order chi connectivity index (χ0) is 14.0. The summed E-state index contributed by atoms with van der Waals surface area (Å²) in [6, 6.07) is 11.6. The third kappa shape index (κ3) is 3.44. The van der Waals surface area contributed by atoms with Gasteiger partial charge in [-0.05, 0) is 50.6 Å². The van der Waals surface area contributed by atoms with Crippen LogP contribution in [0.25, 0.3) is 0 Å². The zero-order valence-corrected chi connectivity index (χ0v) is 12.8. The van der Waals surface area contributed by atoms with Crippen molar-refractivity contribution in [3.05, 3.63) is 63.1 Å². The van der Waals surface area contributed by atoms with Gasteiger partial charge in [-0.25, -0.2) is 0 Å². The molecule has 1 N–H and O–H groups in total. The van der Waals surface area contributed by atoms with Gasteiger partial charge in [0.15, 0.2) is 0 Å². The summed E-state index contributed by atoms with van der Waals surface area (Å²) in [5, 5.41) is 2.91. The van der Waals surface area contributed by atoms with Crippen LogP contribution in [0.5, 0.6) is 0 Å². The maximum atomic E-state index is 12.2. The number of anilines is 1. The second-order valence-electron chi connectivity index (χ2n) is 4.79. The van der Waals surface area contributed by atoms with Crippen LogP contribution in [0, 0.1) is 20.8 Å². The largest absolute Gasteiger partial charge is 0.322 e. The van der Waals surface area contributed by atoms with Gasteiger partial charge >= 0.3 is 0 Å². The second kappa shape index (κ2) is 5.57. The normalized spacial score (nSPS) is 10.3. The summed E-state index contributed by atoms with van der Waals surface area (Å²) in [5.41, 5.74) is 4.81. The average Bonchev–Trinajstić information content (AvgIpc) is 2.32. The van der Waals surface area contributed by atoms with Gasteiger partial charge in [0.25, 0.3) is 5.91 Å². The van der Waals surface area contributed by atoms with E-state index >= 15 is 0 Å². The molecule has 0 atom stereocenters. The highest BCUT2D eigenvalue weighted by Gasteiger charge is 2.07. The fourth-order valence-electron chi connectivity index (χ4n) is 1.98. The van der Waals surface area contributed by atoms with Gasteiger partial charge in [-0.3, -0.25) is 4.79 Å². The molecule has 98 valence electrons. The first-order valence-electron chi connectivity index (χ1n) is 6.11. The van der Waals surface area contributed by atoms with E-state index in [0.29, 0.717) is 5.56 Å². The summed E-state index contributed by atoms with van der Waals surface area (Å²) in [5.74, 6) is -0.0810. The monoisotopic (exact) mass is 317 g/mol. The van der Waals surface area contributed by atoms with E-state index in [2.05, 4.69) is 27.3 Å². The van der Waals surface area contributed by atoms with Crippen molar-refractivity contribution >= 4 is 27.5 Å². The molecule has 0 aliphatic carbocycles. The van der Waals surface area contributed by atoms with E-state index in [-0.39, 0.29) is 5.91 Å². The topological polar surface area (TPSA) is 29.1 Å². The number of carbonyl (C=O) groups excluding carboxylic acids is 1. The first-order valence-corrected chi connectivity index (χ1v) is 6.91. The highest BCUT2D eigenvalue weighted by atomic mass is 79.9. The summed E-state index contributed by atoms with van der Waals surface area (Å²) >= 11 is 3.46. The quantitative estimate of drug-likeness (QED) is 0.859. The van der Waals surface area contributed by atoms with Crippen molar-refractivity contribution in [2.24, 2.45) is 0 Å². The highest BCUT2D eigenvalue weighted by molar-refractivity contribution is 9.10. The highest BCUT2D eigenvalue weighted by Crippen LogP contribution is 2.21. The van der Waals surface area contributed by atoms with Gasteiger partial charge in [0.05, 0.1) is 0 Å². The molecule has 0 spiro atoms. The minimum atomic E-state index is -0.0810. The molecule has 2 nitrogen and oxygen atoms in total. The Kier molecular flexibility index (Phi) is 4.05. The number of benzene rings is 2. The van der Waals surface area contributed by atoms with Crippen molar-refractivity contribution in [2.45, 2.75) is 20.8 Å². The molecule has 3 heteroatoms. The summed E-state index contributed by atoms with van der Waals surface area (Å²) in [6.45, 7) is 6.00. The number of halogens is 1. The number of rotatable bonds is 2. The predicted octanol–water partition coefficient (Wildman–Crippen LogP) is 4.63. The van der Waals surface area contributed by atoms with Crippen LogP contribution >= 0.6 is 15.9 Å². The van der Waals surface area contributed by atoms with Gasteiger partial charge in [-0.15, -0.1) is 0 Å². The minimum Gasteiger partial charge on any atom is -0.322 e. The van der Waals surface area contributed by atoms with Crippen molar-refractivity contribution in [1.29, 1.82) is 0 Å². The summed E-state index contributed by atoms with van der Waals surface area (Å²) in [4.78, 5) is 12.2. The third-order valence-electron chi connectivity index (χ3n) is 2.91. The molecule has 0 fully saturated rings. The lowest BCUT2D eigenvalue weighted by molar-refractivity contribution is 0.102. The van der Waals surface area contributed by atoms with E-state index < -0.39 is 0 Å². The van der Waals surface area contributed by atoms with E-state index in [9.17, 15) is 4.79 Å². The van der Waals surface area contributed by atoms with Crippen LogP contribution in [0.4, 0.5) is 5.69 Å². The van der Waals surface area contributed by atoms with Gasteiger partial charge < -0.3 is 5.32 Å². The Morgan fingerprint density at radius 1 is 1.00 bits per heavy atom. The van der Waals surface area contributed by atoms with Crippen molar-refractivity contribution in [2.75, 3.05) is 5.32 Å². The molecule has 0 aromatic heterocycles. The Morgan fingerprint density at radius 3 is 2.21 bits per heavy atom. The molecular formula is C16H16BrNO. The van der Waals surface area contributed by atoms with Crippen LogP contribution in [-0.4, -0.2) is 5.91 Å². The standard InChI is InChI=1S/C16H16BrNO/c1-10-6-11(2)8-13(7-10)16(19)18-14-5-4-12(3)15(17)9-14/h4-9H,1-3H3,(H,18,19). The first kappa shape index (κ1) is 13.8. The van der Waals surface area contributed by atoms with Crippen molar-refractivity contribution in [1.82, 2.24) is 0 Å². The van der Waals surface area contributed by atoms with Gasteiger partial charge in [-0.1, -0.05) is 39.2 Å². The van der Waals surface area contributed by atoms with Crippen molar-refractivity contribution < 1.29 is 4.79 Å². The fraction of sp³-hybridized carbons (Fsp3) is 0.188. The Morgan fingerprint density at radius 2 is 1.63 bits per heavy atom. The zero-order valence-electron chi connectivity index (χ0n) is 11.3. The molecule has 2 aromatic rings. The Labute approximate surface area is 122 Å². The molecule has 0 saturated carbocycles. The molecule has 0 bridgehead atoms. The summed E-state index contributed by atoms with van der Waals surface area (Å²) in [7, 11) is 0. The Hall–Kier alpha value is -1.61. The molecular weight excluding hydrogens is 302 g/mol. The maximum Gasteiger partial charge on any atom is 0.255 e. The number of nitrogens with one attached hydrogen (secondary N) is 1. The van der Waals surface area contributed by atoms with Crippen LogP contribution in [0.3, 0.4) is 0 Å². The van der Waals surface area contributed by atoms with E-state index in [1.165, 1.54) is 0 Å². The van der Waals surface area contributed by atoms with Crippen molar-refractivity contribution in [3.8, 4) is 0 Å². The van der Waals surface area contributed by atoms with Crippen LogP contribution in [0.2, 0.25) is 0 Å². The molecule has 2 aromatic carbocycles. The summed E-state index contributed by atoms with van der Waals surface area (Å²) in [6.07, 6.45) is 0. The van der Waals surface area contributed by atoms with Gasteiger partial charge in [-0.2, -0.15) is 0 Å². The number of hydrogen-bond acceptors (Lipinski definition) is 1. The fourth-order valence-corrected chi connectivity index (χ4v) is 2.36. The smallest absolute Gasteiger partial charge is 0.255 e.